The molecule has 17 heavy (non-hydrogen) atoms. The Bertz CT molecular complexity index is 535. The minimum atomic E-state index is -3.74. The molecule has 0 atom stereocenters. The Morgan fingerprint density at radius 1 is 1.35 bits per heavy atom. The minimum absolute atomic E-state index is 0.0681. The summed E-state index contributed by atoms with van der Waals surface area (Å²) in [6.45, 7) is 2.73. The van der Waals surface area contributed by atoms with Crippen molar-refractivity contribution in [2.24, 2.45) is 10.9 Å². The molecule has 0 amide bonds. The Balaban J connectivity index is 3.34. The largest absolute Gasteiger partial charge is 0.409 e. The second-order valence-electron chi connectivity index (χ2n) is 3.95. The molecule has 0 unspecified atom stereocenters. The maximum atomic E-state index is 12.3. The number of benzene rings is 1. The molecule has 0 spiro atoms. The quantitative estimate of drug-likeness (QED) is 0.380. The molecule has 0 aliphatic rings. The van der Waals surface area contributed by atoms with Crippen LogP contribution in [0.25, 0.3) is 0 Å². The first-order chi connectivity index (χ1) is 7.73. The van der Waals surface area contributed by atoms with E-state index in [1.807, 2.05) is 0 Å². The molecule has 0 saturated heterocycles. The molecule has 0 saturated carbocycles. The lowest BCUT2D eigenvalue weighted by atomic mass is 10.2. The van der Waals surface area contributed by atoms with Gasteiger partial charge in [0.2, 0.25) is 0 Å². The Morgan fingerprint density at radius 3 is 2.24 bits per heavy atom. The van der Waals surface area contributed by atoms with Crippen molar-refractivity contribution < 1.29 is 13.6 Å². The van der Waals surface area contributed by atoms with Crippen molar-refractivity contribution >= 4 is 27.3 Å². The summed E-state index contributed by atoms with van der Waals surface area (Å²) < 4.78 is 23.0. The first kappa shape index (κ1) is 13.8. The van der Waals surface area contributed by atoms with Gasteiger partial charge in [0.05, 0.1) is 4.90 Å². The highest BCUT2D eigenvalue weighted by Gasteiger charge is 2.40. The summed E-state index contributed by atoms with van der Waals surface area (Å²) in [6.07, 6.45) is 0. The molecule has 0 radical (unpaired) electrons. The third kappa shape index (κ3) is 2.37. The summed E-state index contributed by atoms with van der Waals surface area (Å²) in [5, 5.41) is 11.8. The van der Waals surface area contributed by atoms with Crippen molar-refractivity contribution in [3.05, 3.63) is 29.3 Å². The number of amidine groups is 1. The first-order valence-electron chi connectivity index (χ1n) is 4.71. The maximum Gasteiger partial charge on any atom is 0.190 e. The van der Waals surface area contributed by atoms with Crippen molar-refractivity contribution in [1.82, 2.24) is 0 Å². The molecule has 0 aliphatic heterocycles. The van der Waals surface area contributed by atoms with Crippen molar-refractivity contribution in [3.63, 3.8) is 0 Å². The van der Waals surface area contributed by atoms with Crippen LogP contribution >= 0.6 is 11.6 Å². The van der Waals surface area contributed by atoms with Crippen LogP contribution in [-0.4, -0.2) is 24.2 Å². The average molecular weight is 277 g/mol. The lowest BCUT2D eigenvalue weighted by Gasteiger charge is -2.23. The van der Waals surface area contributed by atoms with Crippen LogP contribution < -0.4 is 5.73 Å². The van der Waals surface area contributed by atoms with Crippen molar-refractivity contribution in [2.75, 3.05) is 0 Å². The van der Waals surface area contributed by atoms with E-state index in [0.29, 0.717) is 5.02 Å². The number of rotatable bonds is 3. The zero-order valence-corrected chi connectivity index (χ0v) is 11.0. The van der Waals surface area contributed by atoms with E-state index in [-0.39, 0.29) is 10.7 Å². The standard InChI is InChI=1S/C10H13ClN2O3S/c1-10(2,9(12)13-14)17(15,16)8-5-3-7(11)4-6-8/h3-6,14H,1-2H3,(H2,12,13). The van der Waals surface area contributed by atoms with Gasteiger partial charge in [0.1, 0.15) is 4.75 Å². The number of halogens is 1. The van der Waals surface area contributed by atoms with E-state index in [0.717, 1.165) is 0 Å². The van der Waals surface area contributed by atoms with E-state index in [9.17, 15) is 8.42 Å². The fourth-order valence-corrected chi connectivity index (χ4v) is 2.69. The Labute approximate surface area is 105 Å². The van der Waals surface area contributed by atoms with Gasteiger partial charge >= 0.3 is 0 Å². The molecular weight excluding hydrogens is 264 g/mol. The van der Waals surface area contributed by atoms with Crippen molar-refractivity contribution in [1.29, 1.82) is 0 Å². The number of nitrogens with two attached hydrogens (primary N) is 1. The fourth-order valence-electron chi connectivity index (χ4n) is 1.17. The van der Waals surface area contributed by atoms with E-state index in [4.69, 9.17) is 22.5 Å². The van der Waals surface area contributed by atoms with Crippen LogP contribution in [0.5, 0.6) is 0 Å². The lowest BCUT2D eigenvalue weighted by Crippen LogP contribution is -2.45. The molecule has 1 rings (SSSR count). The van der Waals surface area contributed by atoms with Gasteiger partial charge in [0, 0.05) is 5.02 Å². The second-order valence-corrected chi connectivity index (χ2v) is 6.89. The van der Waals surface area contributed by atoms with Gasteiger partial charge in [0.15, 0.2) is 15.7 Å². The van der Waals surface area contributed by atoms with Gasteiger partial charge in [-0.05, 0) is 38.1 Å². The fraction of sp³-hybridized carbons (Fsp3) is 0.300. The van der Waals surface area contributed by atoms with E-state index < -0.39 is 14.6 Å². The molecule has 5 nitrogen and oxygen atoms in total. The van der Waals surface area contributed by atoms with Gasteiger partial charge in [-0.25, -0.2) is 8.42 Å². The molecule has 0 aromatic heterocycles. The number of sulfone groups is 1. The number of nitrogens with zero attached hydrogens (tertiary/aromatic N) is 1. The number of hydrogen-bond acceptors (Lipinski definition) is 4. The lowest BCUT2D eigenvalue weighted by molar-refractivity contribution is 0.315. The highest BCUT2D eigenvalue weighted by molar-refractivity contribution is 7.93. The van der Waals surface area contributed by atoms with Crippen LogP contribution in [0.15, 0.2) is 34.3 Å². The van der Waals surface area contributed by atoms with Gasteiger partial charge in [-0.2, -0.15) is 0 Å². The van der Waals surface area contributed by atoms with Gasteiger partial charge < -0.3 is 10.9 Å². The molecule has 0 bridgehead atoms. The smallest absolute Gasteiger partial charge is 0.190 e. The van der Waals surface area contributed by atoms with E-state index >= 15 is 0 Å². The predicted molar refractivity (Wildman–Crippen MR) is 66.1 cm³/mol. The SMILES string of the molecule is CC(C)(/C(N)=N/O)S(=O)(=O)c1ccc(Cl)cc1. The van der Waals surface area contributed by atoms with E-state index in [1.165, 1.54) is 38.1 Å². The van der Waals surface area contributed by atoms with Crippen LogP contribution in [0, 0.1) is 0 Å². The second kappa shape index (κ2) is 4.54. The normalized spacial score (nSPS) is 13.7. The minimum Gasteiger partial charge on any atom is -0.409 e. The van der Waals surface area contributed by atoms with Gasteiger partial charge in [-0.1, -0.05) is 16.8 Å². The summed E-state index contributed by atoms with van der Waals surface area (Å²) in [5.74, 6) is -0.368. The zero-order chi connectivity index (χ0) is 13.3. The summed E-state index contributed by atoms with van der Waals surface area (Å²) in [6, 6.07) is 5.70. The Kier molecular flexibility index (Phi) is 3.68. The summed E-state index contributed by atoms with van der Waals surface area (Å²) in [7, 11) is -3.74. The van der Waals surface area contributed by atoms with Crippen LogP contribution in [0.2, 0.25) is 5.02 Å². The molecule has 1 aromatic rings. The monoisotopic (exact) mass is 276 g/mol. The molecule has 0 heterocycles. The van der Waals surface area contributed by atoms with Crippen molar-refractivity contribution in [3.8, 4) is 0 Å². The molecule has 1 aromatic carbocycles. The third-order valence-corrected chi connectivity index (χ3v) is 5.22. The molecule has 0 fully saturated rings. The molecule has 3 N–H and O–H groups in total. The van der Waals surface area contributed by atoms with Crippen molar-refractivity contribution in [2.45, 2.75) is 23.5 Å². The number of hydrogen-bond donors (Lipinski definition) is 2. The van der Waals surface area contributed by atoms with Gasteiger partial charge in [-0.15, -0.1) is 0 Å². The summed E-state index contributed by atoms with van der Waals surface area (Å²) >= 11 is 5.68. The highest BCUT2D eigenvalue weighted by Crippen LogP contribution is 2.26. The Morgan fingerprint density at radius 2 is 1.82 bits per heavy atom. The van der Waals surface area contributed by atoms with Gasteiger partial charge in [0.25, 0.3) is 0 Å². The molecular formula is C10H13ClN2O3S. The molecule has 94 valence electrons. The van der Waals surface area contributed by atoms with E-state index in [1.54, 1.807) is 0 Å². The zero-order valence-electron chi connectivity index (χ0n) is 9.38. The summed E-state index contributed by atoms with van der Waals surface area (Å²) in [5.41, 5.74) is 5.40. The van der Waals surface area contributed by atoms with Crippen LogP contribution in [0.3, 0.4) is 0 Å². The van der Waals surface area contributed by atoms with Gasteiger partial charge in [-0.3, -0.25) is 0 Å². The average Bonchev–Trinajstić information content (AvgIpc) is 2.28. The van der Waals surface area contributed by atoms with Crippen LogP contribution in [-0.2, 0) is 9.84 Å². The molecule has 0 aliphatic carbocycles. The molecule has 7 heteroatoms. The van der Waals surface area contributed by atoms with Crippen LogP contribution in [0.1, 0.15) is 13.8 Å². The summed E-state index contributed by atoms with van der Waals surface area (Å²) in [4.78, 5) is 0.0681. The predicted octanol–water partition coefficient (Wildman–Crippen LogP) is 1.64. The third-order valence-electron chi connectivity index (χ3n) is 2.52. The van der Waals surface area contributed by atoms with E-state index in [2.05, 4.69) is 5.16 Å². The first-order valence-corrected chi connectivity index (χ1v) is 6.58. The van der Waals surface area contributed by atoms with Crippen LogP contribution in [0.4, 0.5) is 0 Å². The highest BCUT2D eigenvalue weighted by atomic mass is 35.5. The Hall–Kier alpha value is -1.27. The maximum absolute atomic E-state index is 12.3. The topological polar surface area (TPSA) is 92.8 Å². The number of oxime groups is 1.